The summed E-state index contributed by atoms with van der Waals surface area (Å²) < 4.78 is 32.6. The van der Waals surface area contributed by atoms with Gasteiger partial charge in [-0.1, -0.05) is 11.6 Å². The van der Waals surface area contributed by atoms with Crippen LogP contribution in [0.3, 0.4) is 0 Å². The Morgan fingerprint density at radius 2 is 1.79 bits per heavy atom. The first-order valence-electron chi connectivity index (χ1n) is 6.92. The van der Waals surface area contributed by atoms with Gasteiger partial charge in [0.2, 0.25) is 0 Å². The molecule has 0 unspecified atom stereocenters. The SMILES string of the molecule is CC(C)Oc1ccc(S(=O)(=O)Nc2ccc(Cl)cc2)c([N+](=O)[O-])c1. The highest BCUT2D eigenvalue weighted by Gasteiger charge is 2.26. The highest BCUT2D eigenvalue weighted by molar-refractivity contribution is 7.92. The molecule has 0 aromatic heterocycles. The third-order valence-electron chi connectivity index (χ3n) is 2.88. The molecule has 0 atom stereocenters. The Morgan fingerprint density at radius 3 is 2.33 bits per heavy atom. The lowest BCUT2D eigenvalue weighted by Crippen LogP contribution is -2.15. The number of nitrogens with one attached hydrogen (secondary N) is 1. The van der Waals surface area contributed by atoms with Crippen molar-refractivity contribution in [2.24, 2.45) is 0 Å². The largest absolute Gasteiger partial charge is 0.491 e. The Bertz CT molecular complexity index is 851. The van der Waals surface area contributed by atoms with Crippen molar-refractivity contribution < 1.29 is 18.1 Å². The maximum absolute atomic E-state index is 12.5. The van der Waals surface area contributed by atoms with Crippen LogP contribution in [0.5, 0.6) is 5.75 Å². The molecule has 24 heavy (non-hydrogen) atoms. The van der Waals surface area contributed by atoms with Crippen LogP contribution in [0, 0.1) is 10.1 Å². The summed E-state index contributed by atoms with van der Waals surface area (Å²) in [6.45, 7) is 3.52. The van der Waals surface area contributed by atoms with E-state index in [2.05, 4.69) is 4.72 Å². The molecule has 0 bridgehead atoms. The van der Waals surface area contributed by atoms with Crippen molar-refractivity contribution in [3.8, 4) is 5.75 Å². The van der Waals surface area contributed by atoms with E-state index in [1.54, 1.807) is 13.8 Å². The van der Waals surface area contributed by atoms with E-state index in [4.69, 9.17) is 16.3 Å². The summed E-state index contributed by atoms with van der Waals surface area (Å²) in [4.78, 5) is 10.0. The number of nitro groups is 1. The number of ether oxygens (including phenoxy) is 1. The molecule has 0 spiro atoms. The minimum Gasteiger partial charge on any atom is -0.491 e. The van der Waals surface area contributed by atoms with Crippen LogP contribution in [-0.4, -0.2) is 19.4 Å². The van der Waals surface area contributed by atoms with E-state index in [-0.39, 0.29) is 17.5 Å². The van der Waals surface area contributed by atoms with Crippen LogP contribution in [0.4, 0.5) is 11.4 Å². The van der Waals surface area contributed by atoms with Crippen molar-refractivity contribution in [3.63, 3.8) is 0 Å². The molecule has 0 aliphatic rings. The fourth-order valence-corrected chi connectivity index (χ4v) is 3.28. The van der Waals surface area contributed by atoms with Crippen LogP contribution >= 0.6 is 11.6 Å². The quantitative estimate of drug-likeness (QED) is 0.615. The summed E-state index contributed by atoms with van der Waals surface area (Å²) in [7, 11) is -4.14. The van der Waals surface area contributed by atoms with Gasteiger partial charge in [0.1, 0.15) is 5.75 Å². The second-order valence-corrected chi connectivity index (χ2v) is 7.25. The first-order chi connectivity index (χ1) is 11.2. The van der Waals surface area contributed by atoms with Gasteiger partial charge in [-0.25, -0.2) is 8.42 Å². The van der Waals surface area contributed by atoms with E-state index >= 15 is 0 Å². The van der Waals surface area contributed by atoms with Gasteiger partial charge in [0, 0.05) is 10.7 Å². The number of hydrogen-bond acceptors (Lipinski definition) is 5. The van der Waals surface area contributed by atoms with Crippen molar-refractivity contribution in [1.82, 2.24) is 0 Å². The predicted molar refractivity (Wildman–Crippen MR) is 91.1 cm³/mol. The maximum Gasteiger partial charge on any atom is 0.293 e. The van der Waals surface area contributed by atoms with Crippen LogP contribution in [0.1, 0.15) is 13.8 Å². The zero-order valence-corrected chi connectivity index (χ0v) is 14.5. The van der Waals surface area contributed by atoms with E-state index in [1.165, 1.54) is 30.3 Å². The average Bonchev–Trinajstić information content (AvgIpc) is 2.48. The lowest BCUT2D eigenvalue weighted by molar-refractivity contribution is -0.387. The molecule has 0 heterocycles. The second-order valence-electron chi connectivity index (χ2n) is 5.17. The first kappa shape index (κ1) is 18.0. The lowest BCUT2D eigenvalue weighted by atomic mass is 10.3. The van der Waals surface area contributed by atoms with Gasteiger partial charge in [0.15, 0.2) is 4.90 Å². The molecule has 2 aromatic rings. The molecular weight excluding hydrogens is 356 g/mol. The number of rotatable bonds is 6. The van der Waals surface area contributed by atoms with Crippen LogP contribution < -0.4 is 9.46 Å². The minimum atomic E-state index is -4.14. The highest BCUT2D eigenvalue weighted by Crippen LogP contribution is 2.30. The predicted octanol–water partition coefficient (Wildman–Crippen LogP) is 3.84. The number of hydrogen-bond donors (Lipinski definition) is 1. The molecule has 7 nitrogen and oxygen atoms in total. The van der Waals surface area contributed by atoms with Gasteiger partial charge < -0.3 is 4.74 Å². The Hall–Kier alpha value is -2.32. The molecule has 9 heteroatoms. The Balaban J connectivity index is 2.41. The van der Waals surface area contributed by atoms with Gasteiger partial charge in [-0.15, -0.1) is 0 Å². The van der Waals surface area contributed by atoms with Crippen LogP contribution in [-0.2, 0) is 10.0 Å². The van der Waals surface area contributed by atoms with E-state index in [0.29, 0.717) is 5.02 Å². The first-order valence-corrected chi connectivity index (χ1v) is 8.78. The standard InChI is InChI=1S/C15H15ClN2O5S/c1-10(2)23-13-7-8-15(14(9-13)18(19)20)24(21,22)17-12-5-3-11(16)4-6-12/h3-10,17H,1-2H3. The molecular formula is C15H15ClN2O5S. The Morgan fingerprint density at radius 1 is 1.17 bits per heavy atom. The monoisotopic (exact) mass is 370 g/mol. The average molecular weight is 371 g/mol. The molecule has 0 aliphatic heterocycles. The Labute approximate surface area is 144 Å². The van der Waals surface area contributed by atoms with Gasteiger partial charge in [-0.2, -0.15) is 0 Å². The van der Waals surface area contributed by atoms with Gasteiger partial charge in [0.05, 0.1) is 17.1 Å². The number of nitrogens with zero attached hydrogens (tertiary/aromatic N) is 1. The summed E-state index contributed by atoms with van der Waals surface area (Å²) in [5.74, 6) is 0.224. The minimum absolute atomic E-state index is 0.195. The summed E-state index contributed by atoms with van der Waals surface area (Å²) in [5, 5.41) is 11.7. The zero-order chi connectivity index (χ0) is 17.9. The molecule has 0 amide bonds. The molecule has 1 N–H and O–H groups in total. The maximum atomic E-state index is 12.5. The van der Waals surface area contributed by atoms with Crippen molar-refractivity contribution in [2.75, 3.05) is 4.72 Å². The molecule has 128 valence electrons. The van der Waals surface area contributed by atoms with Crippen molar-refractivity contribution in [1.29, 1.82) is 0 Å². The van der Waals surface area contributed by atoms with Gasteiger partial charge in [-0.05, 0) is 50.2 Å². The van der Waals surface area contributed by atoms with Crippen LogP contribution in [0.15, 0.2) is 47.4 Å². The molecule has 0 radical (unpaired) electrons. The fraction of sp³-hybridized carbons (Fsp3) is 0.200. The summed E-state index contributed by atoms with van der Waals surface area (Å²) >= 11 is 5.75. The van der Waals surface area contributed by atoms with Crippen LogP contribution in [0.2, 0.25) is 5.02 Å². The topological polar surface area (TPSA) is 98.5 Å². The smallest absolute Gasteiger partial charge is 0.293 e. The second kappa shape index (κ2) is 7.06. The van der Waals surface area contributed by atoms with Gasteiger partial charge in [0.25, 0.3) is 15.7 Å². The third kappa shape index (κ3) is 4.36. The lowest BCUT2D eigenvalue weighted by Gasteiger charge is -2.12. The van der Waals surface area contributed by atoms with Crippen molar-refractivity contribution >= 4 is 33.0 Å². The van der Waals surface area contributed by atoms with E-state index < -0.39 is 25.5 Å². The molecule has 0 saturated heterocycles. The fourth-order valence-electron chi connectivity index (χ4n) is 1.94. The zero-order valence-electron chi connectivity index (χ0n) is 12.9. The Kier molecular flexibility index (Phi) is 5.30. The summed E-state index contributed by atoms with van der Waals surface area (Å²) in [6.07, 6.45) is -0.195. The summed E-state index contributed by atoms with van der Waals surface area (Å²) in [6, 6.07) is 9.55. The molecule has 2 rings (SSSR count). The number of nitro benzene ring substituents is 1. The number of anilines is 1. The molecule has 0 aliphatic carbocycles. The number of benzene rings is 2. The normalized spacial score (nSPS) is 11.3. The van der Waals surface area contributed by atoms with E-state index in [9.17, 15) is 18.5 Å². The van der Waals surface area contributed by atoms with Gasteiger partial charge in [-0.3, -0.25) is 14.8 Å². The highest BCUT2D eigenvalue weighted by atomic mass is 35.5. The van der Waals surface area contributed by atoms with Gasteiger partial charge >= 0.3 is 0 Å². The van der Waals surface area contributed by atoms with E-state index in [1.807, 2.05) is 0 Å². The third-order valence-corrected chi connectivity index (χ3v) is 4.57. The molecule has 0 saturated carbocycles. The van der Waals surface area contributed by atoms with Crippen molar-refractivity contribution in [2.45, 2.75) is 24.8 Å². The van der Waals surface area contributed by atoms with E-state index in [0.717, 1.165) is 12.1 Å². The van der Waals surface area contributed by atoms with Crippen LogP contribution in [0.25, 0.3) is 0 Å². The molecule has 2 aromatic carbocycles. The van der Waals surface area contributed by atoms with Crippen molar-refractivity contribution in [3.05, 3.63) is 57.6 Å². The molecule has 0 fully saturated rings. The number of sulfonamides is 1. The summed E-state index contributed by atoms with van der Waals surface area (Å²) in [5.41, 5.74) is -0.314. The number of halogens is 1.